The Labute approximate surface area is 96.8 Å². The van der Waals surface area contributed by atoms with Gasteiger partial charge in [0.05, 0.1) is 29.5 Å². The third-order valence-electron chi connectivity index (χ3n) is 2.50. The summed E-state index contributed by atoms with van der Waals surface area (Å²) in [5.74, 6) is -0.497. The zero-order valence-electron chi connectivity index (χ0n) is 9.13. The van der Waals surface area contributed by atoms with Crippen molar-refractivity contribution in [3.8, 4) is 11.4 Å². The molecule has 0 bridgehead atoms. The van der Waals surface area contributed by atoms with Gasteiger partial charge in [0.15, 0.2) is 5.65 Å². The number of imidazole rings is 1. The molecule has 17 heavy (non-hydrogen) atoms. The number of nitrogens with zero attached hydrogens (tertiary/aromatic N) is 4. The molecular weight excluding hydrogens is 219 g/mol. The Balaban J connectivity index is 2.27. The fourth-order valence-corrected chi connectivity index (χ4v) is 1.73. The molecule has 0 aliphatic heterocycles. The fourth-order valence-electron chi connectivity index (χ4n) is 1.73. The van der Waals surface area contributed by atoms with Crippen molar-refractivity contribution >= 4 is 5.65 Å². The average Bonchev–Trinajstić information content (AvgIpc) is 2.71. The second-order valence-corrected chi connectivity index (χ2v) is 3.75. The number of aryl methyl sites for hydroxylation is 1. The van der Waals surface area contributed by atoms with Crippen LogP contribution in [0.25, 0.3) is 17.0 Å². The summed E-state index contributed by atoms with van der Waals surface area (Å²) in [6.45, 7) is 1.89. The maximum atomic E-state index is 13.1. The standard InChI is InChI=1S/C12H9FN4/c1-8-7-17-10(5-15-12(17)6-14-8)9-3-2-4-11(13)16-9/h2-7H,1H3. The number of pyridine rings is 1. The molecule has 0 saturated heterocycles. The number of halogens is 1. The number of fused-ring (bicyclic) bond motifs is 1. The maximum absolute atomic E-state index is 13.1. The summed E-state index contributed by atoms with van der Waals surface area (Å²) < 4.78 is 14.9. The van der Waals surface area contributed by atoms with Gasteiger partial charge in [0, 0.05) is 6.20 Å². The molecule has 5 heteroatoms. The van der Waals surface area contributed by atoms with Crippen LogP contribution >= 0.6 is 0 Å². The van der Waals surface area contributed by atoms with E-state index in [2.05, 4.69) is 15.0 Å². The summed E-state index contributed by atoms with van der Waals surface area (Å²) in [6.07, 6.45) is 5.20. The fraction of sp³-hybridized carbons (Fsp3) is 0.0833. The normalized spacial score (nSPS) is 10.9. The minimum absolute atomic E-state index is 0.497. The minimum Gasteiger partial charge on any atom is -0.295 e. The van der Waals surface area contributed by atoms with Gasteiger partial charge in [-0.15, -0.1) is 0 Å². The molecule has 0 aromatic carbocycles. The molecule has 0 spiro atoms. The molecule has 3 heterocycles. The van der Waals surface area contributed by atoms with Crippen molar-refractivity contribution in [3.05, 3.63) is 48.4 Å². The van der Waals surface area contributed by atoms with Gasteiger partial charge in [-0.1, -0.05) is 6.07 Å². The van der Waals surface area contributed by atoms with E-state index >= 15 is 0 Å². The van der Waals surface area contributed by atoms with Crippen LogP contribution in [-0.4, -0.2) is 19.4 Å². The molecule has 0 aliphatic carbocycles. The van der Waals surface area contributed by atoms with Crippen LogP contribution in [-0.2, 0) is 0 Å². The van der Waals surface area contributed by atoms with Gasteiger partial charge in [0.1, 0.15) is 0 Å². The van der Waals surface area contributed by atoms with Crippen LogP contribution in [0.2, 0.25) is 0 Å². The summed E-state index contributed by atoms with van der Waals surface area (Å²) in [5, 5.41) is 0. The second-order valence-electron chi connectivity index (χ2n) is 3.75. The third kappa shape index (κ3) is 1.65. The van der Waals surface area contributed by atoms with Crippen molar-refractivity contribution < 1.29 is 4.39 Å². The molecule has 0 N–H and O–H groups in total. The van der Waals surface area contributed by atoms with E-state index < -0.39 is 5.95 Å². The van der Waals surface area contributed by atoms with E-state index in [0.29, 0.717) is 5.69 Å². The smallest absolute Gasteiger partial charge is 0.213 e. The van der Waals surface area contributed by atoms with Crippen LogP contribution in [0.1, 0.15) is 5.69 Å². The van der Waals surface area contributed by atoms with Crippen molar-refractivity contribution in [1.29, 1.82) is 0 Å². The highest BCUT2D eigenvalue weighted by molar-refractivity contribution is 5.59. The summed E-state index contributed by atoms with van der Waals surface area (Å²) >= 11 is 0. The predicted molar refractivity (Wildman–Crippen MR) is 60.9 cm³/mol. The lowest BCUT2D eigenvalue weighted by Crippen LogP contribution is -1.94. The lowest BCUT2D eigenvalue weighted by Gasteiger charge is -2.01. The van der Waals surface area contributed by atoms with E-state index in [1.807, 2.05) is 17.5 Å². The van der Waals surface area contributed by atoms with Gasteiger partial charge < -0.3 is 0 Å². The molecule has 0 unspecified atom stereocenters. The first-order chi connectivity index (χ1) is 8.24. The average molecular weight is 228 g/mol. The van der Waals surface area contributed by atoms with Gasteiger partial charge in [-0.3, -0.25) is 9.38 Å². The molecule has 0 atom stereocenters. The topological polar surface area (TPSA) is 43.1 Å². The van der Waals surface area contributed by atoms with Gasteiger partial charge in [-0.05, 0) is 19.1 Å². The van der Waals surface area contributed by atoms with Gasteiger partial charge >= 0.3 is 0 Å². The van der Waals surface area contributed by atoms with Gasteiger partial charge in [-0.2, -0.15) is 4.39 Å². The van der Waals surface area contributed by atoms with Gasteiger partial charge in [-0.25, -0.2) is 9.97 Å². The Kier molecular flexibility index (Phi) is 2.11. The van der Waals surface area contributed by atoms with Crippen LogP contribution in [0.15, 0.2) is 36.8 Å². The zero-order chi connectivity index (χ0) is 11.8. The van der Waals surface area contributed by atoms with Crippen molar-refractivity contribution in [2.24, 2.45) is 0 Å². The van der Waals surface area contributed by atoms with E-state index in [1.54, 1.807) is 24.5 Å². The minimum atomic E-state index is -0.497. The highest BCUT2D eigenvalue weighted by Gasteiger charge is 2.08. The van der Waals surface area contributed by atoms with Crippen LogP contribution in [0.3, 0.4) is 0 Å². The summed E-state index contributed by atoms with van der Waals surface area (Å²) in [7, 11) is 0. The van der Waals surface area contributed by atoms with E-state index in [0.717, 1.165) is 17.0 Å². The Morgan fingerprint density at radius 3 is 2.88 bits per heavy atom. The monoisotopic (exact) mass is 228 g/mol. The largest absolute Gasteiger partial charge is 0.295 e. The molecule has 0 fully saturated rings. The third-order valence-corrected chi connectivity index (χ3v) is 2.50. The SMILES string of the molecule is Cc1cn2c(-c3cccc(F)n3)cnc2cn1. The molecule has 3 aromatic heterocycles. The molecule has 4 nitrogen and oxygen atoms in total. The quantitative estimate of drug-likeness (QED) is 0.600. The van der Waals surface area contributed by atoms with Crippen molar-refractivity contribution in [3.63, 3.8) is 0 Å². The molecule has 84 valence electrons. The van der Waals surface area contributed by atoms with Gasteiger partial charge in [0.25, 0.3) is 0 Å². The molecule has 0 saturated carbocycles. The molecular formula is C12H9FN4. The number of rotatable bonds is 1. The van der Waals surface area contributed by atoms with Crippen LogP contribution in [0.5, 0.6) is 0 Å². The van der Waals surface area contributed by atoms with Crippen LogP contribution in [0.4, 0.5) is 4.39 Å². The number of aromatic nitrogens is 4. The lowest BCUT2D eigenvalue weighted by atomic mass is 10.3. The van der Waals surface area contributed by atoms with E-state index in [1.165, 1.54) is 6.07 Å². The highest BCUT2D eigenvalue weighted by atomic mass is 19.1. The Bertz CT molecular complexity index is 690. The highest BCUT2D eigenvalue weighted by Crippen LogP contribution is 2.18. The summed E-state index contributed by atoms with van der Waals surface area (Å²) in [6, 6.07) is 4.70. The zero-order valence-corrected chi connectivity index (χ0v) is 9.13. The first-order valence-electron chi connectivity index (χ1n) is 5.17. The van der Waals surface area contributed by atoms with Crippen molar-refractivity contribution in [2.45, 2.75) is 6.92 Å². The Morgan fingerprint density at radius 2 is 2.06 bits per heavy atom. The Morgan fingerprint density at radius 1 is 1.18 bits per heavy atom. The molecule has 0 amide bonds. The molecule has 0 radical (unpaired) electrons. The van der Waals surface area contributed by atoms with Crippen LogP contribution < -0.4 is 0 Å². The lowest BCUT2D eigenvalue weighted by molar-refractivity contribution is 0.585. The van der Waals surface area contributed by atoms with E-state index in [4.69, 9.17) is 0 Å². The first kappa shape index (κ1) is 9.89. The number of hydrogen-bond acceptors (Lipinski definition) is 3. The summed E-state index contributed by atoms with van der Waals surface area (Å²) in [4.78, 5) is 12.2. The first-order valence-corrected chi connectivity index (χ1v) is 5.17. The molecule has 0 aliphatic rings. The summed E-state index contributed by atoms with van der Waals surface area (Å²) in [5.41, 5.74) is 2.90. The van der Waals surface area contributed by atoms with Crippen molar-refractivity contribution in [1.82, 2.24) is 19.4 Å². The predicted octanol–water partition coefficient (Wildman–Crippen LogP) is 2.24. The second kappa shape index (κ2) is 3.62. The van der Waals surface area contributed by atoms with Gasteiger partial charge in [0.2, 0.25) is 5.95 Å². The molecule has 3 aromatic rings. The molecule has 3 rings (SSSR count). The van der Waals surface area contributed by atoms with E-state index in [9.17, 15) is 4.39 Å². The Hall–Kier alpha value is -2.30. The van der Waals surface area contributed by atoms with E-state index in [-0.39, 0.29) is 0 Å². The maximum Gasteiger partial charge on any atom is 0.213 e. The van der Waals surface area contributed by atoms with Crippen molar-refractivity contribution in [2.75, 3.05) is 0 Å². The van der Waals surface area contributed by atoms with Crippen LogP contribution in [0, 0.1) is 12.9 Å². The number of hydrogen-bond donors (Lipinski definition) is 0.